The van der Waals surface area contributed by atoms with Crippen molar-refractivity contribution in [2.45, 2.75) is 13.8 Å². The zero-order valence-corrected chi connectivity index (χ0v) is 22.0. The molecule has 0 bridgehead atoms. The lowest BCUT2D eigenvalue weighted by molar-refractivity contribution is -0.129. The second-order valence-electron chi connectivity index (χ2n) is 9.81. The topological polar surface area (TPSA) is 85.1 Å². The summed E-state index contributed by atoms with van der Waals surface area (Å²) in [5.41, 5.74) is 5.85. The molecule has 3 heterocycles. The van der Waals surface area contributed by atoms with Crippen molar-refractivity contribution in [3.05, 3.63) is 51.8 Å². The van der Waals surface area contributed by atoms with E-state index in [1.807, 2.05) is 36.1 Å². The average Bonchev–Trinajstić information content (AvgIpc) is 2.91. The number of ether oxygens (including phenoxy) is 1. The molecule has 2 aliphatic rings. The number of hydrogen-bond acceptors (Lipinski definition) is 7. The summed E-state index contributed by atoms with van der Waals surface area (Å²) in [6, 6.07) is 12.3. The molecule has 192 valence electrons. The number of hydrogen-bond donors (Lipinski definition) is 0. The molecule has 1 aromatic heterocycles. The molecule has 2 aromatic carbocycles. The molecule has 0 atom stereocenters. The zero-order chi connectivity index (χ0) is 26.4. The number of anilines is 4. The highest BCUT2D eigenvalue weighted by atomic mass is 16.5. The van der Waals surface area contributed by atoms with Crippen molar-refractivity contribution >= 4 is 39.6 Å². The molecule has 1 fully saturated rings. The van der Waals surface area contributed by atoms with E-state index >= 15 is 0 Å². The van der Waals surface area contributed by atoms with Crippen LogP contribution in [0.3, 0.4) is 0 Å². The van der Waals surface area contributed by atoms with E-state index in [4.69, 9.17) is 4.74 Å². The van der Waals surface area contributed by atoms with Crippen LogP contribution in [0.25, 0.3) is 10.9 Å². The maximum absolute atomic E-state index is 12.7. The number of carbonyl (C=O) groups is 1. The molecule has 9 heteroatoms. The molecule has 5 rings (SSSR count). The lowest BCUT2D eigenvalue weighted by Crippen LogP contribution is -2.48. The molecular weight excluding hydrogens is 468 g/mol. The number of benzene rings is 2. The number of fused-ring (bicyclic) bond motifs is 2. The first-order valence-electron chi connectivity index (χ1n) is 12.5. The van der Waals surface area contributed by atoms with Gasteiger partial charge in [0.15, 0.2) is 0 Å². The first-order chi connectivity index (χ1) is 17.7. The maximum atomic E-state index is 12.7. The van der Waals surface area contributed by atoms with Crippen LogP contribution in [-0.2, 0) is 11.8 Å². The summed E-state index contributed by atoms with van der Waals surface area (Å²) in [7, 11) is 5.48. The Kier molecular flexibility index (Phi) is 6.20. The Morgan fingerprint density at radius 2 is 1.65 bits per heavy atom. The molecule has 0 aliphatic carbocycles. The van der Waals surface area contributed by atoms with Crippen LogP contribution >= 0.6 is 0 Å². The highest BCUT2D eigenvalue weighted by Gasteiger charge is 2.28. The summed E-state index contributed by atoms with van der Waals surface area (Å²) in [4.78, 5) is 32.9. The van der Waals surface area contributed by atoms with Gasteiger partial charge in [0.1, 0.15) is 11.8 Å². The molecule has 0 spiro atoms. The van der Waals surface area contributed by atoms with Gasteiger partial charge in [0.2, 0.25) is 5.91 Å². The molecule has 0 unspecified atom stereocenters. The Bertz CT molecular complexity index is 1500. The predicted molar refractivity (Wildman–Crippen MR) is 146 cm³/mol. The summed E-state index contributed by atoms with van der Waals surface area (Å²) < 4.78 is 7.28. The van der Waals surface area contributed by atoms with Crippen molar-refractivity contribution in [2.75, 3.05) is 68.1 Å². The van der Waals surface area contributed by atoms with Crippen LogP contribution in [0.15, 0.2) is 35.1 Å². The van der Waals surface area contributed by atoms with E-state index in [0.29, 0.717) is 43.1 Å². The summed E-state index contributed by atoms with van der Waals surface area (Å²) in [5.74, 6) is 0.751. The van der Waals surface area contributed by atoms with E-state index in [0.717, 1.165) is 46.7 Å². The van der Waals surface area contributed by atoms with Gasteiger partial charge in [-0.2, -0.15) is 5.26 Å². The molecule has 0 saturated carbocycles. The van der Waals surface area contributed by atoms with E-state index in [2.05, 4.69) is 33.9 Å². The Morgan fingerprint density at radius 1 is 0.919 bits per heavy atom. The number of nitrogens with zero attached hydrogens (tertiary/aromatic N) is 6. The number of aryl methyl sites for hydroxylation is 2. The largest absolute Gasteiger partial charge is 0.497 e. The highest BCUT2D eigenvalue weighted by molar-refractivity contribution is 5.98. The Morgan fingerprint density at radius 3 is 2.30 bits per heavy atom. The van der Waals surface area contributed by atoms with Crippen LogP contribution in [0.2, 0.25) is 0 Å². The van der Waals surface area contributed by atoms with Gasteiger partial charge < -0.3 is 28.9 Å². The van der Waals surface area contributed by atoms with E-state index in [1.165, 1.54) is 0 Å². The van der Waals surface area contributed by atoms with Gasteiger partial charge >= 0.3 is 0 Å². The van der Waals surface area contributed by atoms with Gasteiger partial charge in [-0.3, -0.25) is 9.59 Å². The molecule has 3 aromatic rings. The lowest BCUT2D eigenvalue weighted by atomic mass is 10.0. The molecular formula is C28H32N6O3. The molecule has 0 N–H and O–H groups in total. The zero-order valence-electron chi connectivity index (χ0n) is 22.0. The van der Waals surface area contributed by atoms with Gasteiger partial charge in [-0.1, -0.05) is 0 Å². The Balaban J connectivity index is 1.65. The summed E-state index contributed by atoms with van der Waals surface area (Å²) in [5, 5.41) is 11.1. The van der Waals surface area contributed by atoms with E-state index in [1.54, 1.807) is 25.6 Å². The number of carbonyl (C=O) groups excluding carboxylic acids is 1. The lowest BCUT2D eigenvalue weighted by Gasteiger charge is -2.40. The van der Waals surface area contributed by atoms with Crippen LogP contribution in [0, 0.1) is 18.3 Å². The van der Waals surface area contributed by atoms with Crippen LogP contribution in [0.1, 0.15) is 18.1 Å². The summed E-state index contributed by atoms with van der Waals surface area (Å²) >= 11 is 0. The monoisotopic (exact) mass is 500 g/mol. The third-order valence-electron chi connectivity index (χ3n) is 7.64. The number of pyridine rings is 1. The van der Waals surface area contributed by atoms with Crippen molar-refractivity contribution in [2.24, 2.45) is 7.05 Å². The van der Waals surface area contributed by atoms with Crippen LogP contribution in [0.5, 0.6) is 5.75 Å². The number of likely N-dealkylation sites (N-methyl/N-ethyl adjacent to an activating group) is 1. The van der Waals surface area contributed by atoms with Crippen LogP contribution in [-0.4, -0.2) is 68.8 Å². The molecule has 1 amide bonds. The number of methoxy groups -OCH3 is 1. The van der Waals surface area contributed by atoms with Gasteiger partial charge in [-0.05, 0) is 25.1 Å². The first-order valence-corrected chi connectivity index (χ1v) is 12.5. The Hall–Kier alpha value is -4.19. The maximum Gasteiger partial charge on any atom is 0.253 e. The summed E-state index contributed by atoms with van der Waals surface area (Å²) in [6.07, 6.45) is 0. The van der Waals surface area contributed by atoms with Gasteiger partial charge in [0, 0.05) is 83.4 Å². The van der Waals surface area contributed by atoms with Crippen molar-refractivity contribution < 1.29 is 9.53 Å². The van der Waals surface area contributed by atoms with Gasteiger partial charge in [0.25, 0.3) is 5.56 Å². The summed E-state index contributed by atoms with van der Waals surface area (Å²) in [6.45, 7) is 7.61. The minimum atomic E-state index is -0.0354. The highest BCUT2D eigenvalue weighted by Crippen LogP contribution is 2.44. The average molecular weight is 501 g/mol. The fourth-order valence-electron chi connectivity index (χ4n) is 5.46. The molecule has 0 radical (unpaired) electrons. The molecule has 1 saturated heterocycles. The third kappa shape index (κ3) is 4.12. The number of amides is 1. The van der Waals surface area contributed by atoms with Crippen LogP contribution < -0.4 is 25.0 Å². The molecule has 2 aliphatic heterocycles. The minimum absolute atomic E-state index is 0.0354. The second-order valence-corrected chi connectivity index (χ2v) is 9.81. The smallest absolute Gasteiger partial charge is 0.253 e. The van der Waals surface area contributed by atoms with Gasteiger partial charge in [-0.15, -0.1) is 0 Å². The molecule has 9 nitrogen and oxygen atoms in total. The quantitative estimate of drug-likeness (QED) is 0.547. The number of nitriles is 1. The fourth-order valence-corrected chi connectivity index (χ4v) is 5.46. The van der Waals surface area contributed by atoms with Crippen molar-refractivity contribution in [1.82, 2.24) is 9.47 Å². The number of piperazine rings is 1. The number of rotatable bonds is 3. The SMILES string of the molecule is COc1cc(N2CCN(C)c3cc(N4CCN(C(C)=O)CC4)c(C#N)cc32)c2cc(C)c(=O)n(C)c2c1. The van der Waals surface area contributed by atoms with Crippen molar-refractivity contribution in [3.8, 4) is 11.8 Å². The fraction of sp³-hybridized carbons (Fsp3) is 0.393. The third-order valence-corrected chi connectivity index (χ3v) is 7.64. The van der Waals surface area contributed by atoms with Gasteiger partial charge in [0.05, 0.1) is 40.9 Å². The van der Waals surface area contributed by atoms with Gasteiger partial charge in [-0.25, -0.2) is 0 Å². The van der Waals surface area contributed by atoms with Crippen LogP contribution in [0.4, 0.5) is 22.7 Å². The molecule has 37 heavy (non-hydrogen) atoms. The predicted octanol–water partition coefficient (Wildman–Crippen LogP) is 2.98. The normalized spacial score (nSPS) is 15.6. The van der Waals surface area contributed by atoms with Crippen molar-refractivity contribution in [3.63, 3.8) is 0 Å². The van der Waals surface area contributed by atoms with E-state index < -0.39 is 0 Å². The first kappa shape index (κ1) is 24.5. The van der Waals surface area contributed by atoms with E-state index in [-0.39, 0.29) is 11.5 Å². The standard InChI is InChI=1S/C28H32N6O3/c1-18-12-22-24(31(4)28(18)36)14-21(37-5)15-25(22)34-11-6-30(3)26-16-23(20(17-29)13-27(26)34)33-9-7-32(8-10-33)19(2)35/h12-16H,6-11H2,1-5H3. The minimum Gasteiger partial charge on any atom is -0.497 e. The Labute approximate surface area is 216 Å². The second kappa shape index (κ2) is 9.36. The van der Waals surface area contributed by atoms with E-state index in [9.17, 15) is 14.9 Å². The van der Waals surface area contributed by atoms with Crippen molar-refractivity contribution in [1.29, 1.82) is 5.26 Å². The number of aromatic nitrogens is 1.